The SMILES string of the molecule is CC(N)(C(=O)c1cc2ccccc2o1)C(F)(F)F. The van der Waals surface area contributed by atoms with Crippen molar-refractivity contribution in [3.05, 3.63) is 36.1 Å². The molecule has 0 bridgehead atoms. The van der Waals surface area contributed by atoms with E-state index in [1.165, 1.54) is 6.07 Å². The van der Waals surface area contributed by atoms with Crippen molar-refractivity contribution in [1.29, 1.82) is 0 Å². The Morgan fingerprint density at radius 1 is 1.28 bits per heavy atom. The summed E-state index contributed by atoms with van der Waals surface area (Å²) >= 11 is 0. The first kappa shape index (κ1) is 12.6. The second kappa shape index (κ2) is 3.84. The Balaban J connectivity index is 2.46. The summed E-state index contributed by atoms with van der Waals surface area (Å²) in [7, 11) is 0. The van der Waals surface area contributed by atoms with Crippen LogP contribution < -0.4 is 5.73 Å². The standard InChI is InChI=1S/C12H10F3NO2/c1-11(16,12(13,14)15)10(17)9-6-7-4-2-3-5-8(7)18-9/h2-6H,16H2,1H3. The minimum atomic E-state index is -4.83. The summed E-state index contributed by atoms with van der Waals surface area (Å²) in [6.45, 7) is 0.628. The van der Waals surface area contributed by atoms with Crippen LogP contribution in [0.5, 0.6) is 0 Å². The molecule has 18 heavy (non-hydrogen) atoms. The fourth-order valence-corrected chi connectivity index (χ4v) is 1.48. The molecule has 0 aliphatic rings. The zero-order valence-corrected chi connectivity index (χ0v) is 9.41. The van der Waals surface area contributed by atoms with E-state index in [2.05, 4.69) is 0 Å². The van der Waals surface area contributed by atoms with Crippen molar-refractivity contribution in [2.24, 2.45) is 5.73 Å². The Morgan fingerprint density at radius 3 is 2.44 bits per heavy atom. The van der Waals surface area contributed by atoms with Crippen LogP contribution in [0.15, 0.2) is 34.7 Å². The summed E-state index contributed by atoms with van der Waals surface area (Å²) in [6.07, 6.45) is -4.83. The molecule has 1 heterocycles. The number of halogens is 3. The molecule has 1 atom stereocenters. The summed E-state index contributed by atoms with van der Waals surface area (Å²) in [5, 5.41) is 0.554. The monoisotopic (exact) mass is 257 g/mol. The van der Waals surface area contributed by atoms with Crippen LogP contribution in [0.1, 0.15) is 17.5 Å². The first-order valence-corrected chi connectivity index (χ1v) is 5.12. The molecule has 2 rings (SSSR count). The molecular weight excluding hydrogens is 247 g/mol. The second-order valence-corrected chi connectivity index (χ2v) is 4.18. The van der Waals surface area contributed by atoms with Gasteiger partial charge >= 0.3 is 6.18 Å². The van der Waals surface area contributed by atoms with Crippen molar-refractivity contribution < 1.29 is 22.4 Å². The molecule has 0 radical (unpaired) electrons. The van der Waals surface area contributed by atoms with Crippen LogP contribution >= 0.6 is 0 Å². The maximum atomic E-state index is 12.6. The molecule has 3 nitrogen and oxygen atoms in total. The van der Waals surface area contributed by atoms with E-state index in [9.17, 15) is 18.0 Å². The van der Waals surface area contributed by atoms with Gasteiger partial charge in [0, 0.05) is 5.39 Å². The molecule has 0 aliphatic heterocycles. The van der Waals surface area contributed by atoms with Crippen LogP contribution in [0, 0.1) is 0 Å². The molecule has 1 unspecified atom stereocenters. The van der Waals surface area contributed by atoms with Crippen molar-refractivity contribution in [2.45, 2.75) is 18.6 Å². The van der Waals surface area contributed by atoms with Gasteiger partial charge < -0.3 is 10.2 Å². The number of furan rings is 1. The van der Waals surface area contributed by atoms with Crippen molar-refractivity contribution in [2.75, 3.05) is 0 Å². The van der Waals surface area contributed by atoms with Gasteiger partial charge in [-0.2, -0.15) is 13.2 Å². The number of para-hydroxylation sites is 1. The normalized spacial score (nSPS) is 15.6. The highest BCUT2D eigenvalue weighted by Crippen LogP contribution is 2.32. The molecule has 1 aromatic heterocycles. The predicted molar refractivity (Wildman–Crippen MR) is 59.2 cm³/mol. The van der Waals surface area contributed by atoms with Gasteiger partial charge in [-0.25, -0.2) is 0 Å². The van der Waals surface area contributed by atoms with Crippen molar-refractivity contribution in [1.82, 2.24) is 0 Å². The van der Waals surface area contributed by atoms with E-state index in [-0.39, 0.29) is 0 Å². The molecule has 6 heteroatoms. The third-order valence-electron chi connectivity index (χ3n) is 2.71. The highest BCUT2D eigenvalue weighted by Gasteiger charge is 2.54. The third-order valence-corrected chi connectivity index (χ3v) is 2.71. The number of hydrogen-bond donors (Lipinski definition) is 1. The molecular formula is C12H10F3NO2. The summed E-state index contributed by atoms with van der Waals surface area (Å²) in [5.74, 6) is -1.68. The molecule has 0 saturated carbocycles. The Hall–Kier alpha value is -1.82. The minimum Gasteiger partial charge on any atom is -0.453 e. The smallest absolute Gasteiger partial charge is 0.413 e. The van der Waals surface area contributed by atoms with Crippen LogP contribution in [0.4, 0.5) is 13.2 Å². The maximum Gasteiger partial charge on any atom is 0.413 e. The lowest BCUT2D eigenvalue weighted by molar-refractivity contribution is -0.166. The van der Waals surface area contributed by atoms with E-state index in [0.717, 1.165) is 0 Å². The number of hydrogen-bond acceptors (Lipinski definition) is 3. The molecule has 2 N–H and O–H groups in total. The fourth-order valence-electron chi connectivity index (χ4n) is 1.48. The topological polar surface area (TPSA) is 56.2 Å². The van der Waals surface area contributed by atoms with Gasteiger partial charge in [-0.3, -0.25) is 4.79 Å². The Labute approximate surface area is 100 Å². The molecule has 0 fully saturated rings. The number of fused-ring (bicyclic) bond motifs is 1. The Morgan fingerprint density at radius 2 is 1.89 bits per heavy atom. The molecule has 0 aliphatic carbocycles. The first-order chi connectivity index (χ1) is 8.23. The van der Waals surface area contributed by atoms with Gasteiger partial charge in [-0.1, -0.05) is 18.2 Å². The van der Waals surface area contributed by atoms with E-state index in [1.807, 2.05) is 0 Å². The van der Waals surface area contributed by atoms with E-state index in [4.69, 9.17) is 10.2 Å². The quantitative estimate of drug-likeness (QED) is 0.841. The molecule has 96 valence electrons. The van der Waals surface area contributed by atoms with E-state index in [0.29, 0.717) is 17.9 Å². The van der Waals surface area contributed by atoms with Gasteiger partial charge in [-0.15, -0.1) is 0 Å². The van der Waals surface area contributed by atoms with Gasteiger partial charge in [0.05, 0.1) is 0 Å². The predicted octanol–water partition coefficient (Wildman–Crippen LogP) is 2.90. The largest absolute Gasteiger partial charge is 0.453 e. The number of carbonyl (C=O) groups excluding carboxylic acids is 1. The number of Topliss-reactive ketones (excluding diaryl/α,β-unsaturated/α-hetero) is 1. The van der Waals surface area contributed by atoms with Crippen LogP contribution in [-0.2, 0) is 0 Å². The first-order valence-electron chi connectivity index (χ1n) is 5.12. The molecule has 0 spiro atoms. The van der Waals surface area contributed by atoms with Gasteiger partial charge in [0.15, 0.2) is 11.3 Å². The number of benzene rings is 1. The van der Waals surface area contributed by atoms with Crippen LogP contribution in [0.3, 0.4) is 0 Å². The van der Waals surface area contributed by atoms with Crippen molar-refractivity contribution in [3.8, 4) is 0 Å². The second-order valence-electron chi connectivity index (χ2n) is 4.18. The summed E-state index contributed by atoms with van der Waals surface area (Å²) in [6, 6.07) is 7.81. The Kier molecular flexibility index (Phi) is 2.70. The minimum absolute atomic E-state index is 0.346. The van der Waals surface area contributed by atoms with E-state index < -0.39 is 23.3 Å². The van der Waals surface area contributed by atoms with Gasteiger partial charge in [0.1, 0.15) is 5.58 Å². The van der Waals surface area contributed by atoms with Crippen LogP contribution in [0.2, 0.25) is 0 Å². The highest BCUT2D eigenvalue weighted by atomic mass is 19.4. The van der Waals surface area contributed by atoms with Gasteiger partial charge in [-0.05, 0) is 19.1 Å². The summed E-state index contributed by atoms with van der Waals surface area (Å²) in [5.41, 5.74) is 2.45. The highest BCUT2D eigenvalue weighted by molar-refractivity contribution is 6.03. The lowest BCUT2D eigenvalue weighted by Gasteiger charge is -2.24. The maximum absolute atomic E-state index is 12.6. The number of alkyl halides is 3. The molecule has 2 aromatic rings. The number of carbonyl (C=O) groups is 1. The fraction of sp³-hybridized carbons (Fsp3) is 0.250. The zero-order chi connectivity index (χ0) is 13.6. The molecule has 1 aromatic carbocycles. The van der Waals surface area contributed by atoms with E-state index >= 15 is 0 Å². The third kappa shape index (κ3) is 1.88. The number of nitrogens with two attached hydrogens (primary N) is 1. The van der Waals surface area contributed by atoms with Crippen molar-refractivity contribution >= 4 is 16.8 Å². The van der Waals surface area contributed by atoms with Crippen molar-refractivity contribution in [3.63, 3.8) is 0 Å². The van der Waals surface area contributed by atoms with E-state index in [1.54, 1.807) is 24.3 Å². The molecule has 0 saturated heterocycles. The van der Waals surface area contributed by atoms with Gasteiger partial charge in [0.2, 0.25) is 5.78 Å². The molecule has 0 amide bonds. The average molecular weight is 257 g/mol. The van der Waals surface area contributed by atoms with Crippen LogP contribution in [-0.4, -0.2) is 17.5 Å². The Bertz CT molecular complexity index is 566. The number of ketones is 1. The zero-order valence-electron chi connectivity index (χ0n) is 9.41. The average Bonchev–Trinajstić information content (AvgIpc) is 2.69. The lowest BCUT2D eigenvalue weighted by Crippen LogP contribution is -2.57. The van der Waals surface area contributed by atoms with Crippen LogP contribution in [0.25, 0.3) is 11.0 Å². The summed E-state index contributed by atoms with van der Waals surface area (Å²) < 4.78 is 43.0. The number of rotatable bonds is 2. The summed E-state index contributed by atoms with van der Waals surface area (Å²) in [4.78, 5) is 11.7. The lowest BCUT2D eigenvalue weighted by atomic mass is 9.95. The van der Waals surface area contributed by atoms with Gasteiger partial charge in [0.25, 0.3) is 0 Å².